The third kappa shape index (κ3) is 1.94. The van der Waals surface area contributed by atoms with Gasteiger partial charge in [0.25, 0.3) is 0 Å². The SMILES string of the molecule is [3H][C@H]1C[C@H](C(C)C)[C@@H]([C@@H](C)O)O1. The van der Waals surface area contributed by atoms with Crippen LogP contribution in [0.3, 0.4) is 0 Å². The van der Waals surface area contributed by atoms with Gasteiger partial charge in [0.05, 0.1) is 13.6 Å². The van der Waals surface area contributed by atoms with Crippen molar-refractivity contribution in [3.8, 4) is 0 Å². The molecule has 1 N–H and O–H groups in total. The Kier molecular flexibility index (Phi) is 2.44. The lowest BCUT2D eigenvalue weighted by Crippen LogP contribution is -2.31. The molecule has 4 atom stereocenters. The molecule has 1 saturated heterocycles. The first-order valence-electron chi connectivity index (χ1n) is 4.86. The van der Waals surface area contributed by atoms with Crippen molar-refractivity contribution in [2.75, 3.05) is 6.58 Å². The van der Waals surface area contributed by atoms with Crippen molar-refractivity contribution in [2.24, 2.45) is 11.8 Å². The second-order valence-electron chi connectivity index (χ2n) is 3.65. The van der Waals surface area contributed by atoms with E-state index in [0.29, 0.717) is 11.8 Å². The lowest BCUT2D eigenvalue weighted by atomic mass is 9.87. The Morgan fingerprint density at radius 1 is 1.55 bits per heavy atom. The van der Waals surface area contributed by atoms with E-state index >= 15 is 0 Å². The van der Waals surface area contributed by atoms with Gasteiger partial charge < -0.3 is 9.84 Å². The Labute approximate surface area is 70.0 Å². The molecule has 2 nitrogen and oxygen atoms in total. The van der Waals surface area contributed by atoms with Crippen molar-refractivity contribution >= 4 is 0 Å². The van der Waals surface area contributed by atoms with Gasteiger partial charge in [-0.05, 0) is 25.2 Å². The molecule has 0 aromatic rings. The van der Waals surface area contributed by atoms with Crippen molar-refractivity contribution in [2.45, 2.75) is 39.4 Å². The molecule has 0 aromatic carbocycles. The van der Waals surface area contributed by atoms with E-state index in [1.165, 1.54) is 0 Å². The second kappa shape index (κ2) is 3.55. The lowest BCUT2D eigenvalue weighted by molar-refractivity contribution is -0.0173. The average molecular weight is 160 g/mol. The molecule has 0 unspecified atom stereocenters. The van der Waals surface area contributed by atoms with Crippen LogP contribution in [0.25, 0.3) is 0 Å². The predicted octanol–water partition coefficient (Wildman–Crippen LogP) is 1.43. The van der Waals surface area contributed by atoms with E-state index in [-0.39, 0.29) is 6.10 Å². The fourth-order valence-corrected chi connectivity index (χ4v) is 1.64. The quantitative estimate of drug-likeness (QED) is 0.662. The minimum Gasteiger partial charge on any atom is -0.391 e. The Morgan fingerprint density at radius 3 is 2.55 bits per heavy atom. The van der Waals surface area contributed by atoms with Crippen molar-refractivity contribution in [3.05, 3.63) is 0 Å². The van der Waals surface area contributed by atoms with Crippen molar-refractivity contribution in [1.29, 1.82) is 0 Å². The minimum atomic E-state index is -0.451. The summed E-state index contributed by atoms with van der Waals surface area (Å²) in [5.74, 6) is 0.826. The maximum atomic E-state index is 9.38. The summed E-state index contributed by atoms with van der Waals surface area (Å²) in [6, 6.07) is 0. The zero-order chi connectivity index (χ0) is 9.30. The molecular formula is C9H18O2. The van der Waals surface area contributed by atoms with E-state index in [9.17, 15) is 5.11 Å². The van der Waals surface area contributed by atoms with Gasteiger partial charge >= 0.3 is 0 Å². The van der Waals surface area contributed by atoms with Gasteiger partial charge in [0.2, 0.25) is 0 Å². The Bertz CT molecular complexity index is 131. The maximum absolute atomic E-state index is 9.38. The average Bonchev–Trinajstić information content (AvgIpc) is 2.31. The number of hydrogen-bond donors (Lipinski definition) is 1. The molecule has 66 valence electrons. The van der Waals surface area contributed by atoms with Gasteiger partial charge in [0.15, 0.2) is 0 Å². The summed E-state index contributed by atoms with van der Waals surface area (Å²) in [4.78, 5) is 0. The topological polar surface area (TPSA) is 29.5 Å². The molecule has 0 saturated carbocycles. The summed E-state index contributed by atoms with van der Waals surface area (Å²) in [6.07, 6.45) is 0.174. The Balaban J connectivity index is 2.59. The summed E-state index contributed by atoms with van der Waals surface area (Å²) >= 11 is 0. The van der Waals surface area contributed by atoms with Gasteiger partial charge in [0, 0.05) is 6.58 Å². The van der Waals surface area contributed by atoms with Crippen LogP contribution in [0.5, 0.6) is 0 Å². The standard InChI is InChI=1S/C9H18O2/c1-6(2)8-4-5-11-9(8)7(3)10/h6-10H,4-5H2,1-3H3/t7-,8-,9-/m1/s1/i5T/t5-,7+,8+,9+/m0. The number of rotatable bonds is 2. The smallest absolute Gasteiger partial charge is 0.0862 e. The molecule has 0 bridgehead atoms. The fourth-order valence-electron chi connectivity index (χ4n) is 1.64. The number of aliphatic hydroxyl groups excluding tert-OH is 1. The summed E-state index contributed by atoms with van der Waals surface area (Å²) in [6.45, 7) is 5.53. The van der Waals surface area contributed by atoms with E-state index < -0.39 is 12.7 Å². The fraction of sp³-hybridized carbons (Fsp3) is 1.00. The molecule has 1 aliphatic heterocycles. The van der Waals surface area contributed by atoms with Crippen LogP contribution in [0.1, 0.15) is 28.6 Å². The van der Waals surface area contributed by atoms with E-state index in [2.05, 4.69) is 13.8 Å². The molecule has 1 fully saturated rings. The molecule has 0 spiro atoms. The molecule has 2 heteroatoms. The van der Waals surface area contributed by atoms with Gasteiger partial charge in [0.1, 0.15) is 0 Å². The van der Waals surface area contributed by atoms with Crippen LogP contribution in [0, 0.1) is 11.8 Å². The maximum Gasteiger partial charge on any atom is 0.0862 e. The molecule has 0 aliphatic carbocycles. The summed E-state index contributed by atoms with van der Waals surface area (Å²) in [5.41, 5.74) is 0. The van der Waals surface area contributed by atoms with E-state index in [0.717, 1.165) is 6.42 Å². The van der Waals surface area contributed by atoms with Crippen LogP contribution in [-0.2, 0) is 4.74 Å². The highest BCUT2D eigenvalue weighted by molar-refractivity contribution is 4.81. The number of ether oxygens (including phenoxy) is 1. The third-order valence-electron chi connectivity index (χ3n) is 2.38. The predicted molar refractivity (Wildman–Crippen MR) is 44.4 cm³/mol. The van der Waals surface area contributed by atoms with Crippen LogP contribution in [0.15, 0.2) is 0 Å². The van der Waals surface area contributed by atoms with Crippen LogP contribution in [0.2, 0.25) is 0 Å². The van der Waals surface area contributed by atoms with Crippen molar-refractivity contribution in [3.63, 3.8) is 0 Å². The van der Waals surface area contributed by atoms with E-state index in [4.69, 9.17) is 6.11 Å². The van der Waals surface area contributed by atoms with Gasteiger partial charge in [-0.15, -0.1) is 0 Å². The summed E-state index contributed by atoms with van der Waals surface area (Å²) in [7, 11) is 0. The van der Waals surface area contributed by atoms with Crippen molar-refractivity contribution in [1.82, 2.24) is 0 Å². The largest absolute Gasteiger partial charge is 0.391 e. The third-order valence-corrected chi connectivity index (χ3v) is 2.38. The van der Waals surface area contributed by atoms with Crippen LogP contribution >= 0.6 is 0 Å². The normalized spacial score (nSPS) is 42.6. The highest BCUT2D eigenvalue weighted by Gasteiger charge is 2.33. The number of aliphatic hydroxyl groups is 1. The Morgan fingerprint density at radius 2 is 2.18 bits per heavy atom. The molecule has 0 radical (unpaired) electrons. The van der Waals surface area contributed by atoms with Crippen LogP contribution < -0.4 is 0 Å². The monoisotopic (exact) mass is 160 g/mol. The van der Waals surface area contributed by atoms with Gasteiger partial charge in [-0.1, -0.05) is 13.8 Å². The first-order chi connectivity index (χ1) is 5.52. The van der Waals surface area contributed by atoms with Gasteiger partial charge in [-0.25, -0.2) is 0 Å². The molecule has 1 rings (SSSR count). The zero-order valence-electron chi connectivity index (χ0n) is 8.45. The molecule has 11 heavy (non-hydrogen) atoms. The molecule has 0 aromatic heterocycles. The lowest BCUT2D eigenvalue weighted by Gasteiger charge is -2.23. The Hall–Kier alpha value is -0.0800. The molecule has 1 aliphatic rings. The van der Waals surface area contributed by atoms with Crippen LogP contribution in [0.4, 0.5) is 0 Å². The first kappa shape index (κ1) is 7.56. The summed E-state index contributed by atoms with van der Waals surface area (Å²) < 4.78 is 12.8. The highest BCUT2D eigenvalue weighted by Crippen LogP contribution is 2.29. The van der Waals surface area contributed by atoms with Gasteiger partial charge in [-0.2, -0.15) is 0 Å². The number of hydrogen-bond acceptors (Lipinski definition) is 2. The molecule has 1 heterocycles. The minimum absolute atomic E-state index is 0.132. The second-order valence-corrected chi connectivity index (χ2v) is 3.65. The molecular weight excluding hydrogens is 140 g/mol. The van der Waals surface area contributed by atoms with Crippen molar-refractivity contribution < 1.29 is 11.2 Å². The highest BCUT2D eigenvalue weighted by atomic mass is 16.5. The van der Waals surface area contributed by atoms with Crippen LogP contribution in [-0.4, -0.2) is 23.9 Å². The first-order valence-corrected chi connectivity index (χ1v) is 4.28. The molecule has 0 amide bonds. The van der Waals surface area contributed by atoms with Gasteiger partial charge in [-0.3, -0.25) is 0 Å². The zero-order valence-corrected chi connectivity index (χ0v) is 7.45. The van der Waals surface area contributed by atoms with E-state index in [1.807, 2.05) is 0 Å². The van der Waals surface area contributed by atoms with E-state index in [1.54, 1.807) is 6.92 Å². The summed E-state index contributed by atoms with van der Waals surface area (Å²) in [5, 5.41) is 9.38.